The van der Waals surface area contributed by atoms with Crippen LogP contribution in [-0.2, 0) is 6.54 Å². The number of rotatable bonds is 5. The second-order valence-electron chi connectivity index (χ2n) is 5.90. The minimum atomic E-state index is -0.201. The van der Waals surface area contributed by atoms with Gasteiger partial charge in [-0.05, 0) is 30.5 Å². The maximum absolute atomic E-state index is 12.9. The average Bonchev–Trinajstić information content (AvgIpc) is 3.37. The average molecular weight is 396 g/mol. The first-order valence-electron chi connectivity index (χ1n) is 8.41. The molecule has 4 rings (SSSR count). The number of hydrogen-bond acceptors (Lipinski definition) is 6. The van der Waals surface area contributed by atoms with Gasteiger partial charge in [-0.3, -0.25) is 9.59 Å². The van der Waals surface area contributed by atoms with E-state index in [0.717, 1.165) is 10.6 Å². The van der Waals surface area contributed by atoms with E-state index in [1.54, 1.807) is 39.8 Å². The molecule has 0 saturated heterocycles. The molecule has 0 atom stereocenters. The third-order valence-electron chi connectivity index (χ3n) is 4.16. The Balaban J connectivity index is 1.59. The highest BCUT2D eigenvalue weighted by molar-refractivity contribution is 7.14. The maximum Gasteiger partial charge on any atom is 0.273 e. The summed E-state index contributed by atoms with van der Waals surface area (Å²) in [5.41, 5.74) is 1.85. The molecule has 0 spiro atoms. The molecule has 0 aliphatic rings. The molecule has 0 aliphatic carbocycles. The van der Waals surface area contributed by atoms with Crippen LogP contribution in [0.3, 0.4) is 0 Å². The smallest absolute Gasteiger partial charge is 0.273 e. The summed E-state index contributed by atoms with van der Waals surface area (Å²) >= 11 is 3.04. The Morgan fingerprint density at radius 2 is 2.04 bits per heavy atom. The van der Waals surface area contributed by atoms with Gasteiger partial charge < -0.3 is 9.88 Å². The number of H-pyrrole nitrogens is 1. The van der Waals surface area contributed by atoms with E-state index in [-0.39, 0.29) is 18.0 Å². The van der Waals surface area contributed by atoms with Gasteiger partial charge in [-0.15, -0.1) is 11.3 Å². The zero-order valence-corrected chi connectivity index (χ0v) is 16.1. The van der Waals surface area contributed by atoms with Gasteiger partial charge in [0.1, 0.15) is 16.5 Å². The molecule has 0 fully saturated rings. The van der Waals surface area contributed by atoms with Crippen LogP contribution in [0.15, 0.2) is 51.3 Å². The van der Waals surface area contributed by atoms with Gasteiger partial charge >= 0.3 is 0 Å². The van der Waals surface area contributed by atoms with Crippen LogP contribution in [0.1, 0.15) is 23.2 Å². The number of carbonyl (C=O) groups excluding carboxylic acids is 1. The fourth-order valence-corrected chi connectivity index (χ4v) is 4.28. The molecule has 1 aromatic carbocycles. The number of fused-ring (bicyclic) bond motifs is 1. The first-order chi connectivity index (χ1) is 13.2. The molecule has 1 N–H and O–H groups in total. The molecule has 0 unspecified atom stereocenters. The number of benzene rings is 1. The van der Waals surface area contributed by atoms with Crippen molar-refractivity contribution in [3.8, 4) is 10.6 Å². The highest BCUT2D eigenvalue weighted by Gasteiger charge is 2.19. The van der Waals surface area contributed by atoms with Gasteiger partial charge in [-0.1, -0.05) is 12.1 Å². The number of nitrogens with one attached hydrogen (secondary N) is 1. The van der Waals surface area contributed by atoms with Crippen LogP contribution in [0.2, 0.25) is 0 Å². The van der Waals surface area contributed by atoms with Crippen molar-refractivity contribution in [3.63, 3.8) is 0 Å². The van der Waals surface area contributed by atoms with Crippen molar-refractivity contribution in [2.75, 3.05) is 6.54 Å². The van der Waals surface area contributed by atoms with E-state index in [1.807, 2.05) is 29.8 Å². The van der Waals surface area contributed by atoms with Crippen LogP contribution in [0, 0.1) is 0 Å². The van der Waals surface area contributed by atoms with E-state index >= 15 is 0 Å². The van der Waals surface area contributed by atoms with Crippen molar-refractivity contribution in [3.05, 3.63) is 68.3 Å². The highest BCUT2D eigenvalue weighted by Crippen LogP contribution is 2.26. The molecule has 27 heavy (non-hydrogen) atoms. The second-order valence-corrected chi connectivity index (χ2v) is 7.54. The van der Waals surface area contributed by atoms with E-state index in [9.17, 15) is 9.59 Å². The molecule has 8 heteroatoms. The maximum atomic E-state index is 12.9. The molecule has 0 radical (unpaired) electrons. The van der Waals surface area contributed by atoms with Crippen molar-refractivity contribution >= 4 is 39.5 Å². The molecule has 3 aromatic heterocycles. The van der Waals surface area contributed by atoms with E-state index in [1.165, 1.54) is 11.3 Å². The number of aromatic nitrogens is 3. The van der Waals surface area contributed by atoms with E-state index < -0.39 is 0 Å². The van der Waals surface area contributed by atoms with Crippen LogP contribution in [0.4, 0.5) is 0 Å². The van der Waals surface area contributed by atoms with Gasteiger partial charge in [0.15, 0.2) is 0 Å². The number of nitrogens with zero attached hydrogens (tertiary/aromatic N) is 3. The topological polar surface area (TPSA) is 79.0 Å². The monoisotopic (exact) mass is 396 g/mol. The Morgan fingerprint density at radius 1 is 1.19 bits per heavy atom. The minimum Gasteiger partial charge on any atom is -0.330 e. The van der Waals surface area contributed by atoms with Crippen LogP contribution >= 0.6 is 22.7 Å². The molecule has 4 aromatic rings. The van der Waals surface area contributed by atoms with Crippen LogP contribution in [0.25, 0.3) is 21.5 Å². The van der Waals surface area contributed by atoms with Crippen molar-refractivity contribution in [1.29, 1.82) is 0 Å². The van der Waals surface area contributed by atoms with Crippen LogP contribution < -0.4 is 5.56 Å². The lowest BCUT2D eigenvalue weighted by molar-refractivity contribution is 0.0743. The summed E-state index contributed by atoms with van der Waals surface area (Å²) in [6.45, 7) is 2.60. The summed E-state index contributed by atoms with van der Waals surface area (Å²) < 4.78 is 0. The highest BCUT2D eigenvalue weighted by atomic mass is 32.1. The number of aromatic amines is 1. The zero-order chi connectivity index (χ0) is 18.8. The Labute approximate surface area is 163 Å². The fourth-order valence-electron chi connectivity index (χ4n) is 2.77. The van der Waals surface area contributed by atoms with E-state index in [4.69, 9.17) is 0 Å². The summed E-state index contributed by atoms with van der Waals surface area (Å²) in [5, 5.41) is 7.13. The predicted octanol–water partition coefficient (Wildman–Crippen LogP) is 3.77. The Kier molecular flexibility index (Phi) is 4.83. The van der Waals surface area contributed by atoms with Gasteiger partial charge in [-0.2, -0.15) is 11.3 Å². The summed E-state index contributed by atoms with van der Waals surface area (Å²) in [4.78, 5) is 38.4. The third-order valence-corrected chi connectivity index (χ3v) is 5.74. The number of thiophene rings is 1. The molecular weight excluding hydrogens is 380 g/mol. The quantitative estimate of drug-likeness (QED) is 0.557. The standard InChI is InChI=1S/C19H16N4O2S2/c1-2-23(9-16-20-14-6-4-3-5-13(14)17(24)22-16)19(25)15-11-27-18(21-15)12-7-8-26-10-12/h3-8,10-11H,2,9H2,1H3,(H,20,22,24). The van der Waals surface area contributed by atoms with Gasteiger partial charge in [-0.25, -0.2) is 9.97 Å². The van der Waals surface area contributed by atoms with Gasteiger partial charge in [0.05, 0.1) is 17.4 Å². The minimum absolute atomic E-state index is 0.175. The Hall–Kier alpha value is -2.84. The first-order valence-corrected chi connectivity index (χ1v) is 10.2. The summed E-state index contributed by atoms with van der Waals surface area (Å²) in [5.74, 6) is 0.285. The number of amides is 1. The van der Waals surface area contributed by atoms with Gasteiger partial charge in [0, 0.05) is 22.9 Å². The molecule has 3 heterocycles. The van der Waals surface area contributed by atoms with Crippen molar-refractivity contribution < 1.29 is 4.79 Å². The van der Waals surface area contributed by atoms with Crippen molar-refractivity contribution in [2.24, 2.45) is 0 Å². The molecule has 136 valence electrons. The second kappa shape index (κ2) is 7.42. The summed E-state index contributed by atoms with van der Waals surface area (Å²) in [7, 11) is 0. The van der Waals surface area contributed by atoms with Crippen LogP contribution in [-0.4, -0.2) is 32.3 Å². The third kappa shape index (κ3) is 3.54. The number of thiazole rings is 1. The first kappa shape index (κ1) is 17.6. The Bertz CT molecular complexity index is 1150. The molecule has 1 amide bonds. The lowest BCUT2D eigenvalue weighted by Gasteiger charge is -2.19. The SMILES string of the molecule is CCN(Cc1nc2ccccc2c(=O)[nH]1)C(=O)c1csc(-c2ccsc2)n1. The Morgan fingerprint density at radius 3 is 2.81 bits per heavy atom. The largest absolute Gasteiger partial charge is 0.330 e. The van der Waals surface area contributed by atoms with Gasteiger partial charge in [0.25, 0.3) is 11.5 Å². The van der Waals surface area contributed by atoms with Crippen molar-refractivity contribution in [2.45, 2.75) is 13.5 Å². The lowest BCUT2D eigenvalue weighted by atomic mass is 10.2. The summed E-state index contributed by atoms with van der Waals surface area (Å²) in [6, 6.07) is 9.14. The van der Waals surface area contributed by atoms with Gasteiger partial charge in [0.2, 0.25) is 0 Å². The van der Waals surface area contributed by atoms with E-state index in [0.29, 0.717) is 29.0 Å². The molecule has 0 saturated carbocycles. The predicted molar refractivity (Wildman–Crippen MR) is 108 cm³/mol. The molecule has 0 bridgehead atoms. The summed E-state index contributed by atoms with van der Waals surface area (Å²) in [6.07, 6.45) is 0. The van der Waals surface area contributed by atoms with E-state index in [2.05, 4.69) is 15.0 Å². The fraction of sp³-hybridized carbons (Fsp3) is 0.158. The van der Waals surface area contributed by atoms with Crippen molar-refractivity contribution in [1.82, 2.24) is 19.9 Å². The molecule has 6 nitrogen and oxygen atoms in total. The molecule has 0 aliphatic heterocycles. The normalized spacial score (nSPS) is 11.0. The number of carbonyl (C=O) groups is 1. The van der Waals surface area contributed by atoms with Crippen LogP contribution in [0.5, 0.6) is 0 Å². The zero-order valence-electron chi connectivity index (χ0n) is 14.5. The number of hydrogen-bond donors (Lipinski definition) is 1. The number of para-hydroxylation sites is 1. The lowest BCUT2D eigenvalue weighted by Crippen LogP contribution is -2.32. The molecular formula is C19H16N4O2S2.